The van der Waals surface area contributed by atoms with E-state index in [0.29, 0.717) is 22.9 Å². The molecule has 0 aromatic heterocycles. The Bertz CT molecular complexity index is 694. The number of hydrogen-bond acceptors (Lipinski definition) is 4. The second-order valence-electron chi connectivity index (χ2n) is 5.68. The summed E-state index contributed by atoms with van der Waals surface area (Å²) in [5.74, 6) is -0.456. The van der Waals surface area contributed by atoms with Crippen LogP contribution in [0.1, 0.15) is 42.1 Å². The molecule has 0 saturated heterocycles. The van der Waals surface area contributed by atoms with Crippen molar-refractivity contribution in [3.63, 3.8) is 0 Å². The van der Waals surface area contributed by atoms with Crippen molar-refractivity contribution in [2.45, 2.75) is 26.2 Å². The average Bonchev–Trinajstić information content (AvgIpc) is 2.60. The van der Waals surface area contributed by atoms with Crippen LogP contribution in [-0.4, -0.2) is 18.5 Å². The van der Waals surface area contributed by atoms with Crippen LogP contribution in [0, 0.1) is 0 Å². The molecule has 0 aliphatic heterocycles. The summed E-state index contributed by atoms with van der Waals surface area (Å²) >= 11 is 0. The first kappa shape index (κ1) is 17.5. The maximum absolute atomic E-state index is 11.9. The lowest BCUT2D eigenvalue weighted by molar-refractivity contribution is -0.119. The highest BCUT2D eigenvalue weighted by Gasteiger charge is 2.10. The number of nitrogens with one attached hydrogen (secondary N) is 1. The molecule has 5 heteroatoms. The number of amides is 1. The first-order valence-electron chi connectivity index (χ1n) is 7.92. The molecule has 1 amide bonds. The summed E-state index contributed by atoms with van der Waals surface area (Å²) in [5.41, 5.74) is 8.38. The van der Waals surface area contributed by atoms with E-state index in [1.165, 1.54) is 5.56 Å². The molecule has 2 aromatic carbocycles. The van der Waals surface area contributed by atoms with E-state index in [1.54, 1.807) is 24.3 Å². The molecule has 0 aliphatic rings. The van der Waals surface area contributed by atoms with Gasteiger partial charge in [0.05, 0.1) is 5.56 Å². The molecule has 2 aromatic rings. The monoisotopic (exact) mass is 326 g/mol. The van der Waals surface area contributed by atoms with Crippen LogP contribution in [0.25, 0.3) is 0 Å². The normalized spacial score (nSPS) is 11.6. The van der Waals surface area contributed by atoms with Crippen molar-refractivity contribution in [3.05, 3.63) is 59.7 Å². The molecule has 0 spiro atoms. The average molecular weight is 326 g/mol. The molecular weight excluding hydrogens is 304 g/mol. The van der Waals surface area contributed by atoms with Crippen LogP contribution in [0.2, 0.25) is 0 Å². The molecule has 1 atom stereocenters. The summed E-state index contributed by atoms with van der Waals surface area (Å²) in [4.78, 5) is 23.7. The molecule has 0 unspecified atom stereocenters. The van der Waals surface area contributed by atoms with Gasteiger partial charge < -0.3 is 15.8 Å². The van der Waals surface area contributed by atoms with E-state index in [0.717, 1.165) is 6.42 Å². The molecule has 24 heavy (non-hydrogen) atoms. The third kappa shape index (κ3) is 4.84. The van der Waals surface area contributed by atoms with Crippen LogP contribution in [0.15, 0.2) is 48.5 Å². The highest BCUT2D eigenvalue weighted by Crippen LogP contribution is 2.20. The Labute approximate surface area is 141 Å². The first-order chi connectivity index (χ1) is 11.5. The van der Waals surface area contributed by atoms with Crippen LogP contribution in [-0.2, 0) is 9.53 Å². The van der Waals surface area contributed by atoms with Crippen LogP contribution >= 0.6 is 0 Å². The zero-order chi connectivity index (χ0) is 17.5. The van der Waals surface area contributed by atoms with Gasteiger partial charge >= 0.3 is 5.97 Å². The lowest BCUT2D eigenvalue weighted by atomic mass is 9.99. The van der Waals surface area contributed by atoms with Gasteiger partial charge in [-0.2, -0.15) is 0 Å². The van der Waals surface area contributed by atoms with E-state index < -0.39 is 5.97 Å². The minimum absolute atomic E-state index is 0.337. The van der Waals surface area contributed by atoms with E-state index in [2.05, 4.69) is 19.2 Å². The largest absolute Gasteiger partial charge is 0.452 e. The Morgan fingerprint density at radius 3 is 2.29 bits per heavy atom. The van der Waals surface area contributed by atoms with Crippen molar-refractivity contribution in [1.29, 1.82) is 0 Å². The van der Waals surface area contributed by atoms with Crippen LogP contribution in [0.3, 0.4) is 0 Å². The molecule has 0 heterocycles. The topological polar surface area (TPSA) is 81.4 Å². The number of nitrogen functional groups attached to an aromatic ring is 1. The number of nitrogens with two attached hydrogens (primary N) is 1. The summed E-state index contributed by atoms with van der Waals surface area (Å²) in [5, 5.41) is 2.71. The minimum Gasteiger partial charge on any atom is -0.452 e. The number of anilines is 2. The van der Waals surface area contributed by atoms with Gasteiger partial charge in [-0.25, -0.2) is 4.79 Å². The van der Waals surface area contributed by atoms with Crippen molar-refractivity contribution >= 4 is 23.3 Å². The molecule has 0 bridgehead atoms. The summed E-state index contributed by atoms with van der Waals surface area (Å²) in [7, 11) is 0. The van der Waals surface area contributed by atoms with E-state index in [4.69, 9.17) is 10.5 Å². The number of esters is 1. The van der Waals surface area contributed by atoms with Crippen LogP contribution < -0.4 is 11.1 Å². The molecule has 5 nitrogen and oxygen atoms in total. The lowest BCUT2D eigenvalue weighted by Crippen LogP contribution is -2.20. The van der Waals surface area contributed by atoms with Crippen molar-refractivity contribution in [2.24, 2.45) is 0 Å². The predicted molar refractivity (Wildman–Crippen MR) is 94.9 cm³/mol. The summed E-state index contributed by atoms with van der Waals surface area (Å²) in [6, 6.07) is 14.0. The van der Waals surface area contributed by atoms with E-state index in [-0.39, 0.29) is 12.5 Å². The number of hydrogen-bond donors (Lipinski definition) is 2. The Morgan fingerprint density at radius 2 is 1.71 bits per heavy atom. The zero-order valence-corrected chi connectivity index (χ0v) is 13.9. The maximum atomic E-state index is 11.9. The van der Waals surface area contributed by atoms with Gasteiger partial charge in [-0.15, -0.1) is 0 Å². The SMILES string of the molecule is CC[C@@H](C)c1ccc(NC(=O)COC(=O)c2ccc(N)cc2)cc1. The van der Waals surface area contributed by atoms with Gasteiger partial charge in [-0.05, 0) is 54.3 Å². The van der Waals surface area contributed by atoms with Gasteiger partial charge in [0.25, 0.3) is 5.91 Å². The highest BCUT2D eigenvalue weighted by molar-refractivity contribution is 5.95. The molecule has 0 aliphatic carbocycles. The van der Waals surface area contributed by atoms with Gasteiger partial charge in [0.1, 0.15) is 0 Å². The van der Waals surface area contributed by atoms with Crippen LogP contribution in [0.5, 0.6) is 0 Å². The molecule has 0 saturated carbocycles. The Balaban J connectivity index is 1.84. The summed E-state index contributed by atoms with van der Waals surface area (Å²) in [6.07, 6.45) is 1.06. The van der Waals surface area contributed by atoms with Gasteiger partial charge in [0, 0.05) is 11.4 Å². The maximum Gasteiger partial charge on any atom is 0.338 e. The fourth-order valence-electron chi connectivity index (χ4n) is 2.16. The number of ether oxygens (including phenoxy) is 1. The van der Waals surface area contributed by atoms with E-state index >= 15 is 0 Å². The van der Waals surface area contributed by atoms with E-state index in [1.807, 2.05) is 24.3 Å². The second kappa shape index (κ2) is 8.15. The predicted octanol–water partition coefficient (Wildman–Crippen LogP) is 3.58. The lowest BCUT2D eigenvalue weighted by Gasteiger charge is -2.10. The van der Waals surface area contributed by atoms with Crippen molar-refractivity contribution in [3.8, 4) is 0 Å². The quantitative estimate of drug-likeness (QED) is 0.628. The van der Waals surface area contributed by atoms with Crippen molar-refractivity contribution < 1.29 is 14.3 Å². The molecule has 126 valence electrons. The van der Waals surface area contributed by atoms with Gasteiger partial charge in [-0.1, -0.05) is 26.0 Å². The molecule has 2 rings (SSSR count). The third-order valence-electron chi connectivity index (χ3n) is 3.86. The zero-order valence-electron chi connectivity index (χ0n) is 13.9. The van der Waals surface area contributed by atoms with Crippen molar-refractivity contribution in [2.75, 3.05) is 17.7 Å². The van der Waals surface area contributed by atoms with Crippen LogP contribution in [0.4, 0.5) is 11.4 Å². The Morgan fingerprint density at radius 1 is 1.08 bits per heavy atom. The van der Waals surface area contributed by atoms with Gasteiger partial charge in [0.2, 0.25) is 0 Å². The van der Waals surface area contributed by atoms with Gasteiger partial charge in [-0.3, -0.25) is 4.79 Å². The van der Waals surface area contributed by atoms with E-state index in [9.17, 15) is 9.59 Å². The number of carbonyl (C=O) groups is 2. The van der Waals surface area contributed by atoms with Crippen molar-refractivity contribution in [1.82, 2.24) is 0 Å². The minimum atomic E-state index is -0.558. The summed E-state index contributed by atoms with van der Waals surface area (Å²) in [6.45, 7) is 3.95. The van der Waals surface area contributed by atoms with Gasteiger partial charge in [0.15, 0.2) is 6.61 Å². The fraction of sp³-hybridized carbons (Fsp3) is 0.263. The summed E-state index contributed by atoms with van der Waals surface area (Å²) < 4.78 is 4.99. The number of rotatable bonds is 6. The number of benzene rings is 2. The Kier molecular flexibility index (Phi) is 5.95. The second-order valence-corrected chi connectivity index (χ2v) is 5.68. The standard InChI is InChI=1S/C19H22N2O3/c1-3-13(2)14-6-10-17(11-7-14)21-18(22)12-24-19(23)15-4-8-16(20)9-5-15/h4-11,13H,3,12,20H2,1-2H3,(H,21,22)/t13-/m1/s1. The molecule has 0 radical (unpaired) electrons. The first-order valence-corrected chi connectivity index (χ1v) is 7.92. The molecule has 0 fully saturated rings. The molecule has 3 N–H and O–H groups in total. The third-order valence-corrected chi connectivity index (χ3v) is 3.86. The smallest absolute Gasteiger partial charge is 0.338 e. The fourth-order valence-corrected chi connectivity index (χ4v) is 2.16. The highest BCUT2D eigenvalue weighted by atomic mass is 16.5. The number of carbonyl (C=O) groups excluding carboxylic acids is 2. The molecular formula is C19H22N2O3. The Hall–Kier alpha value is -2.82.